The summed E-state index contributed by atoms with van der Waals surface area (Å²) in [5.41, 5.74) is 6.55. The highest BCUT2D eigenvalue weighted by atomic mass is 16.6. The zero-order valence-corrected chi connectivity index (χ0v) is 44.5. The maximum atomic E-state index is 12.2. The molecule has 3 aliphatic rings. The first kappa shape index (κ1) is 59.2. The molecule has 0 spiro atoms. The predicted octanol–water partition coefficient (Wildman–Crippen LogP) is 14.6. The van der Waals surface area contributed by atoms with E-state index in [1.165, 1.54) is 23.6 Å². The molecule has 3 heterocycles. The van der Waals surface area contributed by atoms with Crippen molar-refractivity contribution in [3.8, 4) is 0 Å². The monoisotopic (exact) mass is 985 g/mol. The van der Waals surface area contributed by atoms with Gasteiger partial charge in [0.1, 0.15) is 16.8 Å². The second-order valence-corrected chi connectivity index (χ2v) is 20.5. The Hall–Kier alpha value is -7.11. The van der Waals surface area contributed by atoms with Gasteiger partial charge in [-0.3, -0.25) is 4.79 Å². The number of benzene rings is 3. The van der Waals surface area contributed by atoms with Gasteiger partial charge in [-0.2, -0.15) is 0 Å². The van der Waals surface area contributed by atoms with Gasteiger partial charge in [-0.1, -0.05) is 84.9 Å². The molecular weight excluding hydrogens is 909 g/mol. The first-order valence-electron chi connectivity index (χ1n) is 24.8. The summed E-state index contributed by atoms with van der Waals surface area (Å²) in [6.45, 7) is 45.7. The van der Waals surface area contributed by atoms with E-state index in [-0.39, 0.29) is 24.2 Å². The Morgan fingerprint density at radius 1 is 0.542 bits per heavy atom. The summed E-state index contributed by atoms with van der Waals surface area (Å²) in [6.07, 6.45) is 10.0. The number of hydrogen-bond donors (Lipinski definition) is 0. The molecule has 14 heteroatoms. The summed E-state index contributed by atoms with van der Waals surface area (Å²) in [7, 11) is 0. The molecule has 1 atom stereocenters. The Bertz CT molecular complexity index is 2400. The lowest BCUT2D eigenvalue weighted by atomic mass is 9.92. The van der Waals surface area contributed by atoms with Crippen molar-refractivity contribution in [3.63, 3.8) is 0 Å². The molecule has 0 aromatic heterocycles. The Morgan fingerprint density at radius 2 is 0.972 bits per heavy atom. The molecule has 14 nitrogen and oxygen atoms in total. The molecule has 0 bridgehead atoms. The minimum absolute atomic E-state index is 0.211. The third kappa shape index (κ3) is 22.3. The van der Waals surface area contributed by atoms with Crippen molar-refractivity contribution in [2.75, 3.05) is 45.9 Å². The van der Waals surface area contributed by atoms with Crippen LogP contribution in [0.15, 0.2) is 84.9 Å². The molecule has 1 fully saturated rings. The van der Waals surface area contributed by atoms with Crippen LogP contribution in [0.2, 0.25) is 0 Å². The van der Waals surface area contributed by atoms with Gasteiger partial charge in [-0.25, -0.2) is 28.9 Å². The predicted molar refractivity (Wildman–Crippen MR) is 285 cm³/mol. The van der Waals surface area contributed by atoms with Crippen molar-refractivity contribution in [2.45, 2.75) is 144 Å². The van der Waals surface area contributed by atoms with Crippen molar-refractivity contribution in [3.05, 3.63) is 136 Å². The molecule has 1 saturated heterocycles. The van der Waals surface area contributed by atoms with Gasteiger partial charge in [0.2, 0.25) is 0 Å². The first-order chi connectivity index (χ1) is 33.9. The van der Waals surface area contributed by atoms with Crippen molar-refractivity contribution in [2.24, 2.45) is 0 Å². The van der Waals surface area contributed by atoms with Crippen LogP contribution >= 0.6 is 0 Å². The summed E-state index contributed by atoms with van der Waals surface area (Å²) in [4.78, 5) is 61.8. The number of carbonyl (C=O) groups excluding carboxylic acids is 4. The molecule has 3 amide bonds. The van der Waals surface area contributed by atoms with Crippen LogP contribution in [-0.2, 0) is 23.7 Å². The molecule has 0 radical (unpaired) electrons. The maximum Gasteiger partial charge on any atom is 0.410 e. The average Bonchev–Trinajstić information content (AvgIpc) is 3.84. The Labute approximate surface area is 429 Å². The molecule has 0 aliphatic carbocycles. The second-order valence-electron chi connectivity index (χ2n) is 20.5. The standard InChI is InChI=1S/C18H24N2O2.2C18H22N2O2.C4H8O2/c3*1-18(2,3)22-17(21)20-12-5-6-14(11-13-20)15-7-9-16(19-4)10-8-15;1-3-6-4(2)5/h7-10,14H,5-6,11-13H2,1-3H3;7-11H,5-6,12-13H2,1-3H3;6-10H,5,11-13H2,1-3H3;3H2,1-2H3. The molecule has 6 rings (SSSR count). The van der Waals surface area contributed by atoms with Gasteiger partial charge in [0.05, 0.1) is 26.3 Å². The smallest absolute Gasteiger partial charge is 0.410 e. The van der Waals surface area contributed by atoms with E-state index in [0.717, 1.165) is 69.2 Å². The molecule has 3 aliphatic heterocycles. The fourth-order valence-electron chi connectivity index (χ4n) is 7.73. The Balaban J connectivity index is 0.000000269. The lowest BCUT2D eigenvalue weighted by Crippen LogP contribution is -2.37. The van der Waals surface area contributed by atoms with E-state index < -0.39 is 16.8 Å². The van der Waals surface area contributed by atoms with Gasteiger partial charge in [0, 0.05) is 46.2 Å². The summed E-state index contributed by atoms with van der Waals surface area (Å²) in [5.74, 6) is 0.240. The van der Waals surface area contributed by atoms with Gasteiger partial charge < -0.3 is 33.6 Å². The SMILES string of the molecule is CCOC(C)=O.[C-]#[N+]c1ccc(C2=CCCN(C(=O)OC(C)(C)C)CC2)cc1.[C-]#[N+]c1ccc(C2=CCN(C(=O)OC(C)(C)C)CCC2)cc1.[C-]#[N+]c1ccc(C2CCCN(C(=O)OC(C)(C)C)CC2)cc1. The quantitative estimate of drug-likeness (QED) is 0.144. The van der Waals surface area contributed by atoms with Crippen LogP contribution in [0.5, 0.6) is 0 Å². The van der Waals surface area contributed by atoms with E-state index in [9.17, 15) is 19.2 Å². The molecular formula is C58H76N6O8. The highest BCUT2D eigenvalue weighted by molar-refractivity contribution is 5.73. The van der Waals surface area contributed by atoms with E-state index in [4.69, 9.17) is 33.9 Å². The van der Waals surface area contributed by atoms with E-state index in [2.05, 4.69) is 31.4 Å². The lowest BCUT2D eigenvalue weighted by Gasteiger charge is -2.26. The van der Waals surface area contributed by atoms with Crippen LogP contribution in [0, 0.1) is 19.7 Å². The van der Waals surface area contributed by atoms with Crippen molar-refractivity contribution < 1.29 is 38.1 Å². The van der Waals surface area contributed by atoms with Crippen LogP contribution < -0.4 is 0 Å². The first-order valence-corrected chi connectivity index (χ1v) is 24.8. The summed E-state index contributed by atoms with van der Waals surface area (Å²) in [6, 6.07) is 23.1. The van der Waals surface area contributed by atoms with Crippen LogP contribution in [-0.4, -0.2) is 102 Å². The fraction of sp³-hybridized carbons (Fsp3) is 0.500. The van der Waals surface area contributed by atoms with Gasteiger partial charge in [0.15, 0.2) is 17.1 Å². The lowest BCUT2D eigenvalue weighted by molar-refractivity contribution is -0.140. The third-order valence-electron chi connectivity index (χ3n) is 11.1. The van der Waals surface area contributed by atoms with E-state index in [1.807, 2.05) is 140 Å². The Morgan fingerprint density at radius 3 is 1.40 bits per heavy atom. The number of ether oxygens (including phenoxy) is 4. The largest absolute Gasteiger partial charge is 0.466 e. The van der Waals surface area contributed by atoms with Crippen molar-refractivity contribution >= 4 is 52.5 Å². The minimum atomic E-state index is -0.467. The number of esters is 1. The molecule has 0 N–H and O–H groups in total. The normalized spacial score (nSPS) is 16.0. The number of likely N-dealkylation sites (tertiary alicyclic amines) is 1. The molecule has 1 unspecified atom stereocenters. The minimum Gasteiger partial charge on any atom is -0.466 e. The van der Waals surface area contributed by atoms with Crippen molar-refractivity contribution in [1.82, 2.24) is 14.7 Å². The van der Waals surface area contributed by atoms with Crippen LogP contribution in [0.25, 0.3) is 25.7 Å². The van der Waals surface area contributed by atoms with Crippen LogP contribution in [0.1, 0.15) is 144 Å². The van der Waals surface area contributed by atoms with Gasteiger partial charge in [-0.05, 0) is 148 Å². The van der Waals surface area contributed by atoms with Gasteiger partial charge >= 0.3 is 24.2 Å². The number of nitrogens with zero attached hydrogens (tertiary/aromatic N) is 6. The second kappa shape index (κ2) is 28.7. The number of rotatable bonds is 4. The van der Waals surface area contributed by atoms with Crippen molar-refractivity contribution in [1.29, 1.82) is 0 Å². The molecule has 3 aromatic carbocycles. The fourth-order valence-corrected chi connectivity index (χ4v) is 7.73. The number of allylic oxidation sites excluding steroid dienone is 1. The highest BCUT2D eigenvalue weighted by Gasteiger charge is 2.27. The van der Waals surface area contributed by atoms with Crippen LogP contribution in [0.4, 0.5) is 31.4 Å². The molecule has 72 heavy (non-hydrogen) atoms. The topological polar surface area (TPSA) is 128 Å². The molecule has 386 valence electrons. The van der Waals surface area contributed by atoms with E-state index >= 15 is 0 Å². The molecule has 0 saturated carbocycles. The number of carbonyl (C=O) groups is 4. The van der Waals surface area contributed by atoms with Gasteiger partial charge in [0.25, 0.3) is 0 Å². The zero-order valence-electron chi connectivity index (χ0n) is 44.5. The number of amides is 3. The van der Waals surface area contributed by atoms with E-state index in [1.54, 1.807) is 16.7 Å². The van der Waals surface area contributed by atoms with E-state index in [0.29, 0.717) is 55.8 Å². The average molecular weight is 985 g/mol. The summed E-state index contributed by atoms with van der Waals surface area (Å²) < 4.78 is 20.7. The highest BCUT2D eigenvalue weighted by Crippen LogP contribution is 2.31. The summed E-state index contributed by atoms with van der Waals surface area (Å²) >= 11 is 0. The van der Waals surface area contributed by atoms with Gasteiger partial charge in [-0.15, -0.1) is 0 Å². The molecule has 3 aromatic rings. The maximum absolute atomic E-state index is 12.2. The zero-order chi connectivity index (χ0) is 53.5. The number of hydrogen-bond acceptors (Lipinski definition) is 8. The summed E-state index contributed by atoms with van der Waals surface area (Å²) in [5, 5.41) is 0. The Kier molecular flexibility index (Phi) is 23.6. The third-order valence-corrected chi connectivity index (χ3v) is 11.1. The van der Waals surface area contributed by atoms with Crippen LogP contribution in [0.3, 0.4) is 0 Å².